The molecular weight excluding hydrogens is 266 g/mol. The Morgan fingerprint density at radius 3 is 2.63 bits per heavy atom. The monoisotopic (exact) mass is 285 g/mol. The van der Waals surface area contributed by atoms with Crippen molar-refractivity contribution in [2.24, 2.45) is 5.92 Å². The van der Waals surface area contributed by atoms with Gasteiger partial charge in [-0.3, -0.25) is 4.79 Å². The summed E-state index contributed by atoms with van der Waals surface area (Å²) in [4.78, 5) is 23.6. The molecule has 1 atom stereocenters. The van der Waals surface area contributed by atoms with Crippen LogP contribution in [0.3, 0.4) is 0 Å². The van der Waals surface area contributed by atoms with Crippen molar-refractivity contribution < 1.29 is 14.7 Å². The number of nitrogens with one attached hydrogen (secondary N) is 1. The van der Waals surface area contributed by atoms with Gasteiger partial charge in [0.1, 0.15) is 10.9 Å². The van der Waals surface area contributed by atoms with Gasteiger partial charge in [-0.2, -0.15) is 0 Å². The van der Waals surface area contributed by atoms with Crippen LogP contribution in [-0.4, -0.2) is 32.6 Å². The molecular formula is C12H19N3O3S. The average Bonchev–Trinajstić information content (AvgIpc) is 2.76. The standard InChI is InChI=1S/C12H19N3O3S/c1-4-5-8-10(19-15-14-8)11(16)13-9(12(17)18)6-7(2)3/h7,9H,4-6H2,1-3H3,(H,13,16)(H,17,18)/t9-/m0/s1. The molecule has 0 spiro atoms. The minimum absolute atomic E-state index is 0.191. The lowest BCUT2D eigenvalue weighted by Crippen LogP contribution is -2.41. The number of aryl methyl sites for hydroxylation is 1. The molecule has 19 heavy (non-hydrogen) atoms. The molecule has 0 aliphatic heterocycles. The number of carboxylic acid groups (broad SMARTS) is 1. The van der Waals surface area contributed by atoms with Crippen molar-refractivity contribution in [3.05, 3.63) is 10.6 Å². The van der Waals surface area contributed by atoms with Crippen LogP contribution in [0.5, 0.6) is 0 Å². The third-order valence-corrected chi connectivity index (χ3v) is 3.33. The van der Waals surface area contributed by atoms with Gasteiger partial charge in [0.2, 0.25) is 0 Å². The molecule has 106 valence electrons. The Hall–Kier alpha value is -1.50. The molecule has 1 aromatic heterocycles. The van der Waals surface area contributed by atoms with Crippen LogP contribution >= 0.6 is 11.5 Å². The lowest BCUT2D eigenvalue weighted by atomic mass is 10.0. The fourth-order valence-corrected chi connectivity index (χ4v) is 2.31. The molecule has 1 rings (SSSR count). The Balaban J connectivity index is 2.76. The van der Waals surface area contributed by atoms with Crippen molar-refractivity contribution in [2.75, 3.05) is 0 Å². The van der Waals surface area contributed by atoms with E-state index in [4.69, 9.17) is 5.11 Å². The minimum Gasteiger partial charge on any atom is -0.480 e. The molecule has 0 fully saturated rings. The molecule has 1 aromatic rings. The summed E-state index contributed by atoms with van der Waals surface area (Å²) in [5.74, 6) is -1.22. The van der Waals surface area contributed by atoms with Gasteiger partial charge in [-0.25, -0.2) is 4.79 Å². The van der Waals surface area contributed by atoms with E-state index < -0.39 is 17.9 Å². The van der Waals surface area contributed by atoms with Crippen LogP contribution in [0, 0.1) is 5.92 Å². The maximum Gasteiger partial charge on any atom is 0.326 e. The zero-order valence-corrected chi connectivity index (χ0v) is 12.2. The zero-order chi connectivity index (χ0) is 14.4. The molecule has 0 unspecified atom stereocenters. The molecule has 0 aliphatic carbocycles. The second-order valence-corrected chi connectivity index (χ2v) is 5.55. The Kier molecular flexibility index (Phi) is 5.88. The van der Waals surface area contributed by atoms with Crippen molar-refractivity contribution in [1.82, 2.24) is 14.9 Å². The predicted octanol–water partition coefficient (Wildman–Crippen LogP) is 1.72. The number of hydrogen-bond acceptors (Lipinski definition) is 5. The third-order valence-electron chi connectivity index (χ3n) is 2.56. The molecule has 0 saturated heterocycles. The second-order valence-electron chi connectivity index (χ2n) is 4.79. The molecule has 6 nitrogen and oxygen atoms in total. The highest BCUT2D eigenvalue weighted by Gasteiger charge is 2.24. The lowest BCUT2D eigenvalue weighted by molar-refractivity contribution is -0.139. The van der Waals surface area contributed by atoms with Gasteiger partial charge in [-0.1, -0.05) is 31.7 Å². The first-order valence-corrected chi connectivity index (χ1v) is 7.07. The maximum atomic E-state index is 12.1. The molecule has 0 radical (unpaired) electrons. The van der Waals surface area contributed by atoms with E-state index >= 15 is 0 Å². The number of rotatable bonds is 7. The number of aliphatic carboxylic acids is 1. The summed E-state index contributed by atoms with van der Waals surface area (Å²) in [5.41, 5.74) is 0.638. The number of aromatic nitrogens is 2. The van der Waals surface area contributed by atoms with Crippen LogP contribution in [0.4, 0.5) is 0 Å². The van der Waals surface area contributed by atoms with Gasteiger partial charge in [0.05, 0.1) is 5.69 Å². The van der Waals surface area contributed by atoms with E-state index in [0.29, 0.717) is 23.4 Å². The van der Waals surface area contributed by atoms with Crippen LogP contribution in [0.2, 0.25) is 0 Å². The number of hydrogen-bond donors (Lipinski definition) is 2. The summed E-state index contributed by atoms with van der Waals surface area (Å²) in [7, 11) is 0. The van der Waals surface area contributed by atoms with E-state index in [9.17, 15) is 9.59 Å². The Labute approximate surface area is 116 Å². The largest absolute Gasteiger partial charge is 0.480 e. The normalized spacial score (nSPS) is 12.4. The molecule has 2 N–H and O–H groups in total. The fourth-order valence-electron chi connectivity index (χ4n) is 1.70. The van der Waals surface area contributed by atoms with Crippen molar-refractivity contribution in [1.29, 1.82) is 0 Å². The van der Waals surface area contributed by atoms with Crippen LogP contribution < -0.4 is 5.32 Å². The molecule has 0 aromatic carbocycles. The summed E-state index contributed by atoms with van der Waals surface area (Å²) in [6.45, 7) is 5.82. The smallest absolute Gasteiger partial charge is 0.326 e. The third kappa shape index (κ3) is 4.59. The summed E-state index contributed by atoms with van der Waals surface area (Å²) in [5, 5.41) is 15.5. The molecule has 0 aliphatic rings. The van der Waals surface area contributed by atoms with E-state index in [1.165, 1.54) is 0 Å². The van der Waals surface area contributed by atoms with Gasteiger partial charge < -0.3 is 10.4 Å². The van der Waals surface area contributed by atoms with Gasteiger partial charge in [0.15, 0.2) is 0 Å². The van der Waals surface area contributed by atoms with Gasteiger partial charge >= 0.3 is 5.97 Å². The van der Waals surface area contributed by atoms with Gasteiger partial charge in [-0.15, -0.1) is 5.10 Å². The predicted molar refractivity (Wildman–Crippen MR) is 72.2 cm³/mol. The number of nitrogens with zero attached hydrogens (tertiary/aromatic N) is 2. The summed E-state index contributed by atoms with van der Waals surface area (Å²) >= 11 is 1.00. The van der Waals surface area contributed by atoms with Gasteiger partial charge in [0, 0.05) is 0 Å². The maximum absolute atomic E-state index is 12.1. The summed E-state index contributed by atoms with van der Waals surface area (Å²) in [6.07, 6.45) is 1.93. The van der Waals surface area contributed by atoms with Crippen LogP contribution in [0.25, 0.3) is 0 Å². The highest BCUT2D eigenvalue weighted by atomic mass is 32.1. The van der Waals surface area contributed by atoms with E-state index in [2.05, 4.69) is 14.9 Å². The van der Waals surface area contributed by atoms with Crippen molar-refractivity contribution in [3.63, 3.8) is 0 Å². The van der Waals surface area contributed by atoms with Crippen molar-refractivity contribution in [3.8, 4) is 0 Å². The van der Waals surface area contributed by atoms with Crippen LogP contribution in [-0.2, 0) is 11.2 Å². The molecule has 0 bridgehead atoms. The van der Waals surface area contributed by atoms with Crippen molar-refractivity contribution in [2.45, 2.75) is 46.1 Å². The second kappa shape index (κ2) is 7.18. The van der Waals surface area contributed by atoms with E-state index in [-0.39, 0.29) is 5.92 Å². The van der Waals surface area contributed by atoms with E-state index in [0.717, 1.165) is 18.0 Å². The van der Waals surface area contributed by atoms with E-state index in [1.54, 1.807) is 0 Å². The SMILES string of the molecule is CCCc1nnsc1C(=O)N[C@@H](CC(C)C)C(=O)O. The number of carbonyl (C=O) groups is 2. The first kappa shape index (κ1) is 15.6. The Morgan fingerprint density at radius 1 is 1.42 bits per heavy atom. The number of carbonyl (C=O) groups excluding carboxylic acids is 1. The average molecular weight is 285 g/mol. The Morgan fingerprint density at radius 2 is 2.11 bits per heavy atom. The molecule has 0 saturated carbocycles. The first-order valence-electron chi connectivity index (χ1n) is 6.30. The zero-order valence-electron chi connectivity index (χ0n) is 11.3. The van der Waals surface area contributed by atoms with Gasteiger partial charge in [-0.05, 0) is 30.3 Å². The Bertz CT molecular complexity index is 445. The highest BCUT2D eigenvalue weighted by Crippen LogP contribution is 2.13. The van der Waals surface area contributed by atoms with Crippen LogP contribution in [0.1, 0.15) is 49.0 Å². The number of carboxylic acids is 1. The van der Waals surface area contributed by atoms with E-state index in [1.807, 2.05) is 20.8 Å². The highest BCUT2D eigenvalue weighted by molar-refractivity contribution is 7.08. The fraction of sp³-hybridized carbons (Fsp3) is 0.667. The lowest BCUT2D eigenvalue weighted by Gasteiger charge is -2.15. The quantitative estimate of drug-likeness (QED) is 0.795. The first-order chi connectivity index (χ1) is 8.95. The van der Waals surface area contributed by atoms with Crippen LogP contribution in [0.15, 0.2) is 0 Å². The number of amides is 1. The molecule has 7 heteroatoms. The minimum atomic E-state index is -1.02. The van der Waals surface area contributed by atoms with Crippen molar-refractivity contribution >= 4 is 23.4 Å². The van der Waals surface area contributed by atoms with Gasteiger partial charge in [0.25, 0.3) is 5.91 Å². The summed E-state index contributed by atoms with van der Waals surface area (Å²) < 4.78 is 3.76. The molecule has 1 heterocycles. The molecule has 1 amide bonds. The topological polar surface area (TPSA) is 92.2 Å². The summed E-state index contributed by atoms with van der Waals surface area (Å²) in [6, 6.07) is -0.871.